The van der Waals surface area contributed by atoms with Crippen LogP contribution < -0.4 is 5.73 Å². The topological polar surface area (TPSA) is 101 Å². The molecule has 5 nitrogen and oxygen atoms in total. The Balaban J connectivity index is 0.000000279. The van der Waals surface area contributed by atoms with Gasteiger partial charge in [-0.15, -0.1) is 0 Å². The van der Waals surface area contributed by atoms with Crippen LogP contribution in [0.25, 0.3) is 0 Å². The highest BCUT2D eigenvalue weighted by atomic mass is 32.1. The lowest BCUT2D eigenvalue weighted by Gasteiger charge is -2.60. The summed E-state index contributed by atoms with van der Waals surface area (Å²) in [5, 5.41) is 18.5. The maximum atomic E-state index is 11.9. The first kappa shape index (κ1) is 22.1. The largest absolute Gasteiger partial charge is 0.480 e. The molecule has 6 heteroatoms. The van der Waals surface area contributed by atoms with Gasteiger partial charge in [0.25, 0.3) is 0 Å². The zero-order chi connectivity index (χ0) is 20.7. The van der Waals surface area contributed by atoms with Crippen molar-refractivity contribution < 1.29 is 19.8 Å². The number of hydrogen-bond acceptors (Lipinski definition) is 5. The zero-order valence-corrected chi connectivity index (χ0v) is 18.2. The number of carbonyl (C=O) groups excluding carboxylic acids is 1. The highest BCUT2D eigenvalue weighted by molar-refractivity contribution is 7.80. The van der Waals surface area contributed by atoms with Crippen molar-refractivity contribution in [1.82, 2.24) is 0 Å². The van der Waals surface area contributed by atoms with Crippen LogP contribution in [0.3, 0.4) is 0 Å². The Kier molecular flexibility index (Phi) is 6.53. The normalized spacial score (nSPS) is 45.8. The number of nitrogens with two attached hydrogens (primary N) is 1. The molecule has 4 N–H and O–H groups in total. The van der Waals surface area contributed by atoms with Gasteiger partial charge in [0.15, 0.2) is 0 Å². The van der Waals surface area contributed by atoms with Crippen molar-refractivity contribution in [2.75, 3.05) is 5.75 Å². The van der Waals surface area contributed by atoms with Crippen LogP contribution in [-0.2, 0) is 9.59 Å². The molecule has 0 aromatic heterocycles. The fourth-order valence-electron chi connectivity index (χ4n) is 7.10. The quantitative estimate of drug-likeness (QED) is 0.523. The van der Waals surface area contributed by atoms with Crippen LogP contribution in [0.15, 0.2) is 0 Å². The van der Waals surface area contributed by atoms with Crippen molar-refractivity contribution in [3.8, 4) is 0 Å². The number of hydrogen-bond donors (Lipinski definition) is 4. The van der Waals surface area contributed by atoms with Gasteiger partial charge in [-0.2, -0.15) is 12.6 Å². The number of aliphatic carboxylic acids is 1. The Hall–Kier alpha value is -0.590. The molecule has 4 aliphatic rings. The van der Waals surface area contributed by atoms with Crippen molar-refractivity contribution in [1.29, 1.82) is 0 Å². The molecule has 0 saturated heterocycles. The van der Waals surface area contributed by atoms with Crippen LogP contribution in [0.5, 0.6) is 0 Å². The Labute approximate surface area is 174 Å². The number of fused-ring (bicyclic) bond motifs is 5. The molecule has 0 spiro atoms. The molecule has 4 aliphatic carbocycles. The zero-order valence-electron chi connectivity index (χ0n) is 17.3. The smallest absolute Gasteiger partial charge is 0.321 e. The summed E-state index contributed by atoms with van der Waals surface area (Å²) in [6.45, 7) is 4.85. The number of rotatable bonds is 2. The van der Waals surface area contributed by atoms with Crippen LogP contribution in [0, 0.1) is 34.5 Å². The summed E-state index contributed by atoms with van der Waals surface area (Å²) in [5.41, 5.74) is 5.54. The molecule has 4 saturated carbocycles. The highest BCUT2D eigenvalue weighted by Gasteiger charge is 2.59. The molecule has 0 aliphatic heterocycles. The second-order valence-electron chi connectivity index (χ2n) is 10.2. The standard InChI is InChI=1S/C19H30O2.C3H7NO2S/c1-18-9-7-13(20)11-12(18)3-4-14-15-5-6-17(21)19(15,2)10-8-16(14)18;4-2(1-7)3(5)6/h12,14-17,21H,3-11H2,1-2H3;2,7H,1,4H2,(H,5,6)/t12-,14-,15-,16-,17-,18-,19-;/m0./s1. The maximum Gasteiger partial charge on any atom is 0.321 e. The van der Waals surface area contributed by atoms with E-state index in [0.29, 0.717) is 17.1 Å². The van der Waals surface area contributed by atoms with Gasteiger partial charge in [-0.1, -0.05) is 13.8 Å². The van der Waals surface area contributed by atoms with E-state index in [0.717, 1.165) is 43.4 Å². The number of aliphatic hydroxyl groups is 1. The average molecular weight is 412 g/mol. The molecule has 4 rings (SSSR count). The van der Waals surface area contributed by atoms with Crippen molar-refractivity contribution in [3.63, 3.8) is 0 Å². The predicted octanol–water partition coefficient (Wildman–Crippen LogP) is 3.29. The molecular weight excluding hydrogens is 374 g/mol. The van der Waals surface area contributed by atoms with Gasteiger partial charge < -0.3 is 15.9 Å². The van der Waals surface area contributed by atoms with E-state index >= 15 is 0 Å². The van der Waals surface area contributed by atoms with Gasteiger partial charge in [0.05, 0.1) is 6.10 Å². The molecule has 0 heterocycles. The Morgan fingerprint density at radius 1 is 1.14 bits per heavy atom. The summed E-state index contributed by atoms with van der Waals surface area (Å²) in [7, 11) is 0. The summed E-state index contributed by atoms with van der Waals surface area (Å²) in [5.74, 6) is 2.71. The number of Topliss-reactive ketones (excluding diaryl/α,β-unsaturated/α-hetero) is 1. The van der Waals surface area contributed by atoms with E-state index in [1.807, 2.05) is 0 Å². The van der Waals surface area contributed by atoms with Gasteiger partial charge in [-0.25, -0.2) is 0 Å². The van der Waals surface area contributed by atoms with Gasteiger partial charge in [0.1, 0.15) is 11.8 Å². The second-order valence-corrected chi connectivity index (χ2v) is 10.5. The number of carboxylic acids is 1. The molecule has 1 unspecified atom stereocenters. The van der Waals surface area contributed by atoms with Gasteiger partial charge in [0, 0.05) is 18.6 Å². The Morgan fingerprint density at radius 2 is 1.82 bits per heavy atom. The molecule has 0 aromatic rings. The number of carbonyl (C=O) groups is 2. The minimum absolute atomic E-state index is 0.0677. The van der Waals surface area contributed by atoms with E-state index in [4.69, 9.17) is 10.8 Å². The molecule has 28 heavy (non-hydrogen) atoms. The molecule has 0 aromatic carbocycles. The van der Waals surface area contributed by atoms with Crippen LogP contribution in [0.1, 0.15) is 71.6 Å². The minimum atomic E-state index is -1.00. The lowest BCUT2D eigenvalue weighted by atomic mass is 9.45. The van der Waals surface area contributed by atoms with Gasteiger partial charge in [-0.3, -0.25) is 9.59 Å². The number of ketones is 1. The van der Waals surface area contributed by atoms with Crippen LogP contribution >= 0.6 is 12.6 Å². The van der Waals surface area contributed by atoms with E-state index < -0.39 is 12.0 Å². The number of thiol groups is 1. The Bertz CT molecular complexity index is 613. The van der Waals surface area contributed by atoms with Crippen molar-refractivity contribution in [3.05, 3.63) is 0 Å². The summed E-state index contributed by atoms with van der Waals surface area (Å²) in [6, 6.07) is -0.816. The monoisotopic (exact) mass is 411 g/mol. The molecular formula is C22H37NO4S. The van der Waals surface area contributed by atoms with E-state index in [1.54, 1.807) is 0 Å². The summed E-state index contributed by atoms with van der Waals surface area (Å²) in [4.78, 5) is 21.6. The predicted molar refractivity (Wildman–Crippen MR) is 112 cm³/mol. The SMILES string of the molecule is C[C@]12CCC(=O)C[C@@H]1CC[C@@H]1[C@@H]2CC[C@]2(C)[C@@H](O)CC[C@@H]12.NC(CS)C(=O)O. The third kappa shape index (κ3) is 3.77. The molecule has 4 fully saturated rings. The van der Waals surface area contributed by atoms with Gasteiger partial charge in [-0.05, 0) is 79.4 Å². The second kappa shape index (κ2) is 8.27. The van der Waals surface area contributed by atoms with Gasteiger partial charge in [0.2, 0.25) is 0 Å². The average Bonchev–Trinajstić information content (AvgIpc) is 2.97. The minimum Gasteiger partial charge on any atom is -0.480 e. The van der Waals surface area contributed by atoms with Gasteiger partial charge >= 0.3 is 5.97 Å². The van der Waals surface area contributed by atoms with Crippen LogP contribution in [0.4, 0.5) is 0 Å². The molecule has 160 valence electrons. The van der Waals surface area contributed by atoms with Crippen LogP contribution in [-0.4, -0.2) is 39.9 Å². The summed E-state index contributed by atoms with van der Waals surface area (Å²) < 4.78 is 0. The molecule has 0 radical (unpaired) electrons. The van der Waals surface area contributed by atoms with E-state index in [-0.39, 0.29) is 17.3 Å². The lowest BCUT2D eigenvalue weighted by molar-refractivity contribution is -0.142. The first-order valence-electron chi connectivity index (χ1n) is 10.9. The summed E-state index contributed by atoms with van der Waals surface area (Å²) >= 11 is 3.65. The fraction of sp³-hybridized carbons (Fsp3) is 0.909. The number of carboxylic acid groups (broad SMARTS) is 1. The first-order chi connectivity index (χ1) is 13.1. The lowest BCUT2D eigenvalue weighted by Crippen LogP contribution is -2.54. The van der Waals surface area contributed by atoms with E-state index in [9.17, 15) is 14.7 Å². The first-order valence-corrected chi connectivity index (χ1v) is 11.6. The highest BCUT2D eigenvalue weighted by Crippen LogP contribution is 2.65. The van der Waals surface area contributed by atoms with E-state index in [1.165, 1.54) is 32.1 Å². The van der Waals surface area contributed by atoms with Crippen molar-refractivity contribution in [2.45, 2.75) is 83.8 Å². The molecule has 8 atom stereocenters. The van der Waals surface area contributed by atoms with E-state index in [2.05, 4.69) is 26.5 Å². The third-order valence-electron chi connectivity index (χ3n) is 8.95. The third-order valence-corrected chi connectivity index (χ3v) is 9.34. The maximum absolute atomic E-state index is 11.9. The fourth-order valence-corrected chi connectivity index (χ4v) is 7.25. The number of aliphatic hydroxyl groups excluding tert-OH is 1. The van der Waals surface area contributed by atoms with Crippen LogP contribution in [0.2, 0.25) is 0 Å². The molecule has 0 amide bonds. The van der Waals surface area contributed by atoms with Crippen molar-refractivity contribution >= 4 is 24.4 Å². The Morgan fingerprint density at radius 3 is 2.43 bits per heavy atom. The van der Waals surface area contributed by atoms with Crippen molar-refractivity contribution in [2.24, 2.45) is 40.2 Å². The molecule has 0 bridgehead atoms. The summed E-state index contributed by atoms with van der Waals surface area (Å²) in [6.07, 6.45) is 10.0.